The van der Waals surface area contributed by atoms with Crippen molar-refractivity contribution in [2.75, 3.05) is 6.61 Å². The maximum atomic E-state index is 15.2. The van der Waals surface area contributed by atoms with Crippen molar-refractivity contribution in [1.82, 2.24) is 5.43 Å². The zero-order valence-corrected chi connectivity index (χ0v) is 24.4. The van der Waals surface area contributed by atoms with E-state index in [1.165, 1.54) is 13.0 Å². The zero-order valence-electron chi connectivity index (χ0n) is 24.4. The second-order valence-corrected chi connectivity index (χ2v) is 10.3. The van der Waals surface area contributed by atoms with Crippen molar-refractivity contribution in [2.45, 2.75) is 115 Å². The standard InChI is InChI=1S/C28H43FN2O11/c1-5-8-21(34)39-20-15-38-26(25(41-23(36)10-7-3)24(20)40-22(35)9-6-2)42-27(37)28(4,31-30)14-17(29)16-11-12-18(32)19(33)13-16/h11-13,17,20-21,24-26,31-34H,5-10,14-15,30H2,1-4H3/t17?,20-,21?,24+,25-,26?,28?/m1/s1. The number of ether oxygens (including phenoxy) is 5. The zero-order chi connectivity index (χ0) is 31.4. The molecule has 0 aliphatic carbocycles. The van der Waals surface area contributed by atoms with Crippen molar-refractivity contribution in [2.24, 2.45) is 5.84 Å². The van der Waals surface area contributed by atoms with Gasteiger partial charge in [0.1, 0.15) is 17.8 Å². The Hall–Kier alpha value is -3.04. The van der Waals surface area contributed by atoms with Gasteiger partial charge in [-0.1, -0.05) is 33.3 Å². The van der Waals surface area contributed by atoms with E-state index >= 15 is 4.39 Å². The van der Waals surface area contributed by atoms with Gasteiger partial charge < -0.3 is 39.0 Å². The van der Waals surface area contributed by atoms with Gasteiger partial charge in [0, 0.05) is 19.3 Å². The molecule has 1 fully saturated rings. The van der Waals surface area contributed by atoms with E-state index in [-0.39, 0.29) is 31.4 Å². The maximum Gasteiger partial charge on any atom is 0.329 e. The summed E-state index contributed by atoms with van der Waals surface area (Å²) in [5.74, 6) is 2.25. The Balaban J connectivity index is 2.34. The number of halogens is 1. The molecule has 1 aliphatic heterocycles. The van der Waals surface area contributed by atoms with Crippen LogP contribution >= 0.6 is 0 Å². The minimum Gasteiger partial charge on any atom is -0.504 e. The first-order valence-corrected chi connectivity index (χ1v) is 14.1. The fourth-order valence-corrected chi connectivity index (χ4v) is 4.22. The number of carbonyl (C=O) groups is 3. The number of aromatic hydroxyl groups is 2. The van der Waals surface area contributed by atoms with E-state index in [0.29, 0.717) is 19.3 Å². The smallest absolute Gasteiger partial charge is 0.329 e. The molecular weight excluding hydrogens is 559 g/mol. The molecule has 13 nitrogen and oxygen atoms in total. The fraction of sp³-hybridized carbons (Fsp3) is 0.679. The molecule has 42 heavy (non-hydrogen) atoms. The first-order chi connectivity index (χ1) is 19.9. The summed E-state index contributed by atoms with van der Waals surface area (Å²) in [7, 11) is 0. The second-order valence-electron chi connectivity index (χ2n) is 10.3. The number of hydrazine groups is 1. The Morgan fingerprint density at radius 3 is 2.21 bits per heavy atom. The Bertz CT molecular complexity index is 1050. The van der Waals surface area contributed by atoms with Gasteiger partial charge in [-0.05, 0) is 43.9 Å². The number of aliphatic hydroxyl groups excluding tert-OH is 1. The maximum absolute atomic E-state index is 15.2. The molecule has 4 unspecified atom stereocenters. The summed E-state index contributed by atoms with van der Waals surface area (Å²) in [5.41, 5.74) is 0.359. The van der Waals surface area contributed by atoms with Crippen molar-refractivity contribution in [1.29, 1.82) is 0 Å². The lowest BCUT2D eigenvalue weighted by Crippen LogP contribution is -2.61. The molecule has 0 saturated carbocycles. The minimum atomic E-state index is -1.85. The third kappa shape index (κ3) is 9.76. The Morgan fingerprint density at radius 2 is 1.67 bits per heavy atom. The number of nitrogens with one attached hydrogen (secondary N) is 1. The molecule has 0 spiro atoms. The number of alkyl halides is 1. The first kappa shape index (κ1) is 35.2. The van der Waals surface area contributed by atoms with Gasteiger partial charge in [-0.25, -0.2) is 14.6 Å². The molecule has 1 aromatic carbocycles. The van der Waals surface area contributed by atoms with E-state index in [0.717, 1.165) is 12.1 Å². The summed E-state index contributed by atoms with van der Waals surface area (Å²) in [6, 6.07) is 3.35. The van der Waals surface area contributed by atoms with E-state index in [1.807, 2.05) is 6.92 Å². The topological polar surface area (TPSA) is 196 Å². The van der Waals surface area contributed by atoms with Crippen LogP contribution in [0.1, 0.15) is 84.4 Å². The number of phenolic OH excluding ortho intramolecular Hbond substituents is 2. The highest BCUT2D eigenvalue weighted by atomic mass is 19.1. The van der Waals surface area contributed by atoms with Gasteiger partial charge in [0.05, 0.1) is 6.61 Å². The van der Waals surface area contributed by atoms with Crippen LogP contribution in [0.25, 0.3) is 0 Å². The molecular formula is C28H43FN2O11. The van der Waals surface area contributed by atoms with Crippen LogP contribution in [0.3, 0.4) is 0 Å². The van der Waals surface area contributed by atoms with Gasteiger partial charge in [0.2, 0.25) is 12.4 Å². The molecule has 14 heteroatoms. The molecule has 2 rings (SSSR count). The summed E-state index contributed by atoms with van der Waals surface area (Å²) < 4.78 is 43.3. The van der Waals surface area contributed by atoms with Crippen molar-refractivity contribution >= 4 is 17.9 Å². The number of esters is 3. The lowest BCUT2D eigenvalue weighted by molar-refractivity contribution is -0.295. The lowest BCUT2D eigenvalue weighted by atomic mass is 9.92. The second kappa shape index (κ2) is 16.6. The van der Waals surface area contributed by atoms with Gasteiger partial charge in [-0.2, -0.15) is 0 Å². The molecule has 0 bridgehead atoms. The molecule has 7 atom stereocenters. The third-order valence-corrected chi connectivity index (χ3v) is 6.63. The fourth-order valence-electron chi connectivity index (χ4n) is 4.22. The SMILES string of the molecule is CCCC(=O)O[C@H]1[C@H](OC(O)CCC)COC(OC(=O)C(C)(CC(F)c2ccc(O)c(O)c2)NN)[C@@H]1OC(=O)CCC. The number of hydrogen-bond acceptors (Lipinski definition) is 13. The molecule has 0 aromatic heterocycles. The monoisotopic (exact) mass is 602 g/mol. The summed E-state index contributed by atoms with van der Waals surface area (Å²) in [5, 5.41) is 29.5. The van der Waals surface area contributed by atoms with Gasteiger partial charge in [0.25, 0.3) is 0 Å². The van der Waals surface area contributed by atoms with E-state index in [4.69, 9.17) is 29.5 Å². The Kier molecular flexibility index (Phi) is 13.9. The molecule has 1 saturated heterocycles. The van der Waals surface area contributed by atoms with Crippen LogP contribution in [-0.4, -0.2) is 76.3 Å². The average molecular weight is 603 g/mol. The van der Waals surface area contributed by atoms with E-state index in [9.17, 15) is 29.7 Å². The highest BCUT2D eigenvalue weighted by Gasteiger charge is 2.50. The van der Waals surface area contributed by atoms with Gasteiger partial charge in [-0.3, -0.25) is 15.4 Å². The number of phenols is 2. The normalized spacial score (nSPS) is 23.3. The predicted octanol–water partition coefficient (Wildman–Crippen LogP) is 2.55. The highest BCUT2D eigenvalue weighted by Crippen LogP contribution is 2.34. The number of carbonyl (C=O) groups excluding carboxylic acids is 3. The first-order valence-electron chi connectivity index (χ1n) is 14.1. The van der Waals surface area contributed by atoms with Crippen molar-refractivity contribution in [3.63, 3.8) is 0 Å². The van der Waals surface area contributed by atoms with Gasteiger partial charge in [0.15, 0.2) is 23.9 Å². The van der Waals surface area contributed by atoms with Crippen LogP contribution in [-0.2, 0) is 38.1 Å². The molecule has 0 radical (unpaired) electrons. The molecule has 238 valence electrons. The Morgan fingerprint density at radius 1 is 1.05 bits per heavy atom. The Labute approximate surface area is 244 Å². The lowest BCUT2D eigenvalue weighted by Gasteiger charge is -2.42. The van der Waals surface area contributed by atoms with Crippen LogP contribution < -0.4 is 11.3 Å². The number of benzene rings is 1. The van der Waals surface area contributed by atoms with Crippen LogP contribution in [0.15, 0.2) is 18.2 Å². The van der Waals surface area contributed by atoms with Crippen LogP contribution in [0.4, 0.5) is 4.39 Å². The number of aliphatic hydroxyl groups is 1. The minimum absolute atomic E-state index is 0.00184. The van der Waals surface area contributed by atoms with Gasteiger partial charge >= 0.3 is 17.9 Å². The summed E-state index contributed by atoms with van der Waals surface area (Å²) in [4.78, 5) is 38.5. The molecule has 6 N–H and O–H groups in total. The number of rotatable bonds is 16. The number of nitrogens with two attached hydrogens (primary N) is 1. The largest absolute Gasteiger partial charge is 0.504 e. The van der Waals surface area contributed by atoms with E-state index in [1.54, 1.807) is 13.8 Å². The van der Waals surface area contributed by atoms with Crippen LogP contribution in [0.2, 0.25) is 0 Å². The van der Waals surface area contributed by atoms with E-state index in [2.05, 4.69) is 5.43 Å². The van der Waals surface area contributed by atoms with Crippen molar-refractivity contribution in [3.8, 4) is 11.5 Å². The molecule has 0 amide bonds. The van der Waals surface area contributed by atoms with E-state index < -0.39 is 78.4 Å². The predicted molar refractivity (Wildman–Crippen MR) is 145 cm³/mol. The van der Waals surface area contributed by atoms with Crippen LogP contribution in [0.5, 0.6) is 11.5 Å². The summed E-state index contributed by atoms with van der Waals surface area (Å²) in [6.07, 6.45) is -7.30. The van der Waals surface area contributed by atoms with Crippen molar-refractivity contribution in [3.05, 3.63) is 23.8 Å². The van der Waals surface area contributed by atoms with Gasteiger partial charge in [-0.15, -0.1) is 0 Å². The molecule has 1 aromatic rings. The quantitative estimate of drug-likeness (QED) is 0.0463. The highest BCUT2D eigenvalue weighted by molar-refractivity contribution is 5.80. The average Bonchev–Trinajstić information content (AvgIpc) is 2.93. The van der Waals surface area contributed by atoms with Crippen molar-refractivity contribution < 1.29 is 57.8 Å². The summed E-state index contributed by atoms with van der Waals surface area (Å²) >= 11 is 0. The van der Waals surface area contributed by atoms with Crippen LogP contribution in [0, 0.1) is 0 Å². The number of hydrogen-bond donors (Lipinski definition) is 5. The molecule has 1 aliphatic rings. The molecule has 1 heterocycles. The third-order valence-electron chi connectivity index (χ3n) is 6.63. The summed E-state index contributed by atoms with van der Waals surface area (Å²) in [6.45, 7) is 6.32.